The molecule has 0 aliphatic heterocycles. The number of hydrogen-bond donors (Lipinski definition) is 1. The van der Waals surface area contributed by atoms with E-state index >= 15 is 0 Å². The van der Waals surface area contributed by atoms with Gasteiger partial charge < -0.3 is 14.6 Å². The van der Waals surface area contributed by atoms with Gasteiger partial charge in [-0.25, -0.2) is 0 Å². The molecule has 0 fully saturated rings. The average molecular weight is 301 g/mol. The van der Waals surface area contributed by atoms with Gasteiger partial charge in [0.05, 0.1) is 18.8 Å². The second-order valence-electron chi connectivity index (χ2n) is 5.25. The Kier molecular flexibility index (Phi) is 9.05. The summed E-state index contributed by atoms with van der Waals surface area (Å²) in [6, 6.07) is 2.13. The van der Waals surface area contributed by atoms with Crippen molar-refractivity contribution in [2.45, 2.75) is 39.0 Å². The molecule has 1 atom stereocenters. The number of rotatable bonds is 11. The third-order valence-electron chi connectivity index (χ3n) is 2.90. The maximum absolute atomic E-state index is 10.1. The van der Waals surface area contributed by atoms with Crippen LogP contribution in [0.1, 0.15) is 25.8 Å². The van der Waals surface area contributed by atoms with E-state index in [1.807, 2.05) is 13.8 Å². The van der Waals surface area contributed by atoms with E-state index in [4.69, 9.17) is 9.47 Å². The zero-order chi connectivity index (χ0) is 14.8. The first-order valence-electron chi connectivity index (χ1n) is 7.14. The summed E-state index contributed by atoms with van der Waals surface area (Å²) in [6.45, 7) is 7.52. The first kappa shape index (κ1) is 17.6. The molecule has 116 valence electrons. The zero-order valence-corrected chi connectivity index (χ0v) is 13.6. The molecule has 5 heteroatoms. The van der Waals surface area contributed by atoms with Gasteiger partial charge in [0, 0.05) is 33.4 Å². The summed E-state index contributed by atoms with van der Waals surface area (Å²) in [6.07, 6.45) is 0.681. The maximum atomic E-state index is 10.1. The van der Waals surface area contributed by atoms with Gasteiger partial charge in [-0.15, -0.1) is 0 Å². The van der Waals surface area contributed by atoms with E-state index < -0.39 is 6.10 Å². The number of methoxy groups -OCH3 is 1. The van der Waals surface area contributed by atoms with E-state index in [0.717, 1.165) is 26.1 Å². The molecule has 0 unspecified atom stereocenters. The molecule has 1 aromatic heterocycles. The number of thiophene rings is 1. The lowest BCUT2D eigenvalue weighted by molar-refractivity contribution is -0.0103. The van der Waals surface area contributed by atoms with Crippen LogP contribution in [0.5, 0.6) is 0 Å². The monoisotopic (exact) mass is 301 g/mol. The Labute approximate surface area is 126 Å². The van der Waals surface area contributed by atoms with Crippen molar-refractivity contribution in [1.82, 2.24) is 4.90 Å². The van der Waals surface area contributed by atoms with E-state index in [9.17, 15) is 5.11 Å². The van der Waals surface area contributed by atoms with Crippen molar-refractivity contribution in [2.75, 3.05) is 33.4 Å². The topological polar surface area (TPSA) is 41.9 Å². The summed E-state index contributed by atoms with van der Waals surface area (Å²) < 4.78 is 10.6. The van der Waals surface area contributed by atoms with Crippen molar-refractivity contribution in [3.05, 3.63) is 22.4 Å². The van der Waals surface area contributed by atoms with E-state index in [1.165, 1.54) is 5.56 Å². The van der Waals surface area contributed by atoms with Crippen molar-refractivity contribution < 1.29 is 14.6 Å². The van der Waals surface area contributed by atoms with Gasteiger partial charge in [0.25, 0.3) is 0 Å². The Morgan fingerprint density at radius 1 is 1.40 bits per heavy atom. The second kappa shape index (κ2) is 10.3. The summed E-state index contributed by atoms with van der Waals surface area (Å²) in [5.74, 6) is 0. The van der Waals surface area contributed by atoms with E-state index in [1.54, 1.807) is 18.4 Å². The van der Waals surface area contributed by atoms with Crippen LogP contribution >= 0.6 is 11.3 Å². The molecule has 1 rings (SSSR count). The summed E-state index contributed by atoms with van der Waals surface area (Å²) in [5, 5.41) is 14.3. The first-order chi connectivity index (χ1) is 9.61. The van der Waals surface area contributed by atoms with Crippen LogP contribution in [-0.4, -0.2) is 55.6 Å². The van der Waals surface area contributed by atoms with Crippen molar-refractivity contribution in [3.8, 4) is 0 Å². The molecule has 0 aromatic carbocycles. The highest BCUT2D eigenvalue weighted by Gasteiger charge is 2.13. The van der Waals surface area contributed by atoms with Crippen molar-refractivity contribution in [3.63, 3.8) is 0 Å². The SMILES string of the molecule is COCCCN(Cc1ccsc1)C[C@@H](O)COC(C)C. The zero-order valence-electron chi connectivity index (χ0n) is 12.7. The van der Waals surface area contributed by atoms with Gasteiger partial charge in [0.15, 0.2) is 0 Å². The Morgan fingerprint density at radius 3 is 2.80 bits per heavy atom. The van der Waals surface area contributed by atoms with Crippen LogP contribution in [0.3, 0.4) is 0 Å². The third kappa shape index (κ3) is 7.97. The molecule has 0 aliphatic carbocycles. The lowest BCUT2D eigenvalue weighted by atomic mass is 10.2. The molecular weight excluding hydrogens is 274 g/mol. The Morgan fingerprint density at radius 2 is 2.20 bits per heavy atom. The van der Waals surface area contributed by atoms with Gasteiger partial charge in [-0.1, -0.05) is 0 Å². The lowest BCUT2D eigenvalue weighted by Crippen LogP contribution is -2.36. The van der Waals surface area contributed by atoms with Crippen LogP contribution in [0.25, 0.3) is 0 Å². The minimum Gasteiger partial charge on any atom is -0.389 e. The number of aliphatic hydroxyl groups excluding tert-OH is 1. The molecule has 0 aliphatic rings. The van der Waals surface area contributed by atoms with Crippen LogP contribution in [0, 0.1) is 0 Å². The highest BCUT2D eigenvalue weighted by atomic mass is 32.1. The molecule has 4 nitrogen and oxygen atoms in total. The van der Waals surface area contributed by atoms with Crippen LogP contribution < -0.4 is 0 Å². The first-order valence-corrected chi connectivity index (χ1v) is 8.08. The third-order valence-corrected chi connectivity index (χ3v) is 3.63. The molecule has 0 spiro atoms. The summed E-state index contributed by atoms with van der Waals surface area (Å²) in [5.41, 5.74) is 1.30. The smallest absolute Gasteiger partial charge is 0.0900 e. The Hall–Kier alpha value is -0.460. The lowest BCUT2D eigenvalue weighted by Gasteiger charge is -2.25. The van der Waals surface area contributed by atoms with Crippen LogP contribution in [0.2, 0.25) is 0 Å². The predicted molar refractivity (Wildman–Crippen MR) is 83.2 cm³/mol. The van der Waals surface area contributed by atoms with Gasteiger partial charge in [-0.05, 0) is 42.7 Å². The molecule has 20 heavy (non-hydrogen) atoms. The summed E-state index contributed by atoms with van der Waals surface area (Å²) in [7, 11) is 1.72. The van der Waals surface area contributed by atoms with Gasteiger partial charge in [0.2, 0.25) is 0 Å². The minimum atomic E-state index is -0.446. The fourth-order valence-corrected chi connectivity index (χ4v) is 2.62. The number of aliphatic hydroxyl groups is 1. The molecule has 0 radical (unpaired) electrons. The molecule has 1 aromatic rings. The molecule has 0 saturated carbocycles. The Balaban J connectivity index is 2.40. The molecule has 1 heterocycles. The quantitative estimate of drug-likeness (QED) is 0.637. The molecule has 0 amide bonds. The van der Waals surface area contributed by atoms with Gasteiger partial charge in [0.1, 0.15) is 0 Å². The molecule has 0 saturated heterocycles. The standard InChI is InChI=1S/C15H27NO3S/c1-13(2)19-11-15(17)10-16(6-4-7-18-3)9-14-5-8-20-12-14/h5,8,12-13,15,17H,4,6-7,9-11H2,1-3H3/t15-/m1/s1. The predicted octanol–water partition coefficient (Wildman–Crippen LogP) is 2.37. The number of ether oxygens (including phenoxy) is 2. The van der Waals surface area contributed by atoms with Crippen molar-refractivity contribution in [2.24, 2.45) is 0 Å². The number of hydrogen-bond acceptors (Lipinski definition) is 5. The normalized spacial score (nSPS) is 13.3. The fraction of sp³-hybridized carbons (Fsp3) is 0.733. The van der Waals surface area contributed by atoms with E-state index in [0.29, 0.717) is 13.2 Å². The van der Waals surface area contributed by atoms with Gasteiger partial charge >= 0.3 is 0 Å². The van der Waals surface area contributed by atoms with Crippen molar-refractivity contribution >= 4 is 11.3 Å². The molecular formula is C15H27NO3S. The summed E-state index contributed by atoms with van der Waals surface area (Å²) >= 11 is 1.70. The Bertz CT molecular complexity index is 330. The highest BCUT2D eigenvalue weighted by molar-refractivity contribution is 7.07. The van der Waals surface area contributed by atoms with E-state index in [2.05, 4.69) is 21.7 Å². The van der Waals surface area contributed by atoms with Crippen LogP contribution in [0.15, 0.2) is 16.8 Å². The maximum Gasteiger partial charge on any atom is 0.0900 e. The fourth-order valence-electron chi connectivity index (χ4n) is 1.96. The van der Waals surface area contributed by atoms with Crippen molar-refractivity contribution in [1.29, 1.82) is 0 Å². The largest absolute Gasteiger partial charge is 0.389 e. The average Bonchev–Trinajstić information content (AvgIpc) is 2.89. The second-order valence-corrected chi connectivity index (χ2v) is 6.03. The van der Waals surface area contributed by atoms with Crippen LogP contribution in [0.4, 0.5) is 0 Å². The van der Waals surface area contributed by atoms with Gasteiger partial charge in [-0.2, -0.15) is 11.3 Å². The summed E-state index contributed by atoms with van der Waals surface area (Å²) in [4.78, 5) is 2.26. The van der Waals surface area contributed by atoms with E-state index in [-0.39, 0.29) is 6.10 Å². The highest BCUT2D eigenvalue weighted by Crippen LogP contribution is 2.10. The minimum absolute atomic E-state index is 0.156. The molecule has 0 bridgehead atoms. The number of nitrogens with zero attached hydrogens (tertiary/aromatic N) is 1. The molecule has 1 N–H and O–H groups in total. The van der Waals surface area contributed by atoms with Crippen LogP contribution in [-0.2, 0) is 16.0 Å². The van der Waals surface area contributed by atoms with Gasteiger partial charge in [-0.3, -0.25) is 4.90 Å².